The van der Waals surface area contributed by atoms with Gasteiger partial charge in [-0.3, -0.25) is 0 Å². The van der Waals surface area contributed by atoms with E-state index in [9.17, 15) is 5.11 Å². The normalized spacial score (nSPS) is 19.9. The van der Waals surface area contributed by atoms with Gasteiger partial charge in [0.2, 0.25) is 0 Å². The molecule has 3 unspecified atom stereocenters. The van der Waals surface area contributed by atoms with Crippen LogP contribution < -0.4 is 0 Å². The van der Waals surface area contributed by atoms with Crippen molar-refractivity contribution < 1.29 is 18.8 Å². The second kappa shape index (κ2) is 22.2. The first kappa shape index (κ1) is 65.0. The molecule has 5 rings (SSSR count). The molecule has 1 N–H and O–H groups in total. The third-order valence-electron chi connectivity index (χ3n) is 12.9. The summed E-state index contributed by atoms with van der Waals surface area (Å²) in [7, 11) is 2.07. The van der Waals surface area contributed by atoms with Gasteiger partial charge in [-0.05, 0) is 59.3 Å². The monoisotopic (exact) mass is 977 g/mol. The van der Waals surface area contributed by atoms with E-state index in [0.717, 1.165) is 35.7 Å². The number of oxazole rings is 1. The zero-order chi connectivity index (χ0) is 55.6. The van der Waals surface area contributed by atoms with E-state index < -0.39 is 5.60 Å². The van der Waals surface area contributed by atoms with Crippen molar-refractivity contribution in [2.24, 2.45) is 34.6 Å². The van der Waals surface area contributed by atoms with E-state index in [2.05, 4.69) is 247 Å². The Bertz CT molecular complexity index is 2050. The maximum atomic E-state index is 10.6. The van der Waals surface area contributed by atoms with Gasteiger partial charge in [-0.2, -0.15) is 0 Å². The van der Waals surface area contributed by atoms with Gasteiger partial charge in [-0.15, -0.1) is 0 Å². The second-order valence-corrected chi connectivity index (χ2v) is 31.2. The number of imidazole rings is 1. The SMILES string of the molecule is CC(C)(C)C1=C(C(C)(C)C)CC=C1.CC(C)(C)C1OCCC(C)(O)C1C(C)(C)C.CC(C)(C)c1ncoc1C(C)(C)C.Cc1noc(C(C)(C)C)c1C(C)(C)C.Cn1cnc(C(C)(C)C)c1C(C)(C)C. The Morgan fingerprint density at radius 1 is 0.586 bits per heavy atom. The highest BCUT2D eigenvalue weighted by molar-refractivity contribution is 5.40. The van der Waals surface area contributed by atoms with Crippen LogP contribution in [-0.4, -0.2) is 43.1 Å². The summed E-state index contributed by atoms with van der Waals surface area (Å²) in [5.74, 6) is 2.19. The first-order valence-electron chi connectivity index (χ1n) is 26.4. The molecule has 3 aromatic rings. The first-order chi connectivity index (χ1) is 30.7. The van der Waals surface area contributed by atoms with E-state index in [4.69, 9.17) is 13.7 Å². The van der Waals surface area contributed by atoms with Gasteiger partial charge < -0.3 is 23.4 Å². The van der Waals surface area contributed by atoms with Crippen molar-refractivity contribution in [3.8, 4) is 0 Å². The highest BCUT2D eigenvalue weighted by Crippen LogP contribution is 2.48. The third kappa shape index (κ3) is 18.5. The Balaban J connectivity index is 0.000000438. The largest absolute Gasteiger partial charge is 0.448 e. The summed E-state index contributed by atoms with van der Waals surface area (Å²) >= 11 is 0. The summed E-state index contributed by atoms with van der Waals surface area (Å²) in [5.41, 5.74) is 9.72. The van der Waals surface area contributed by atoms with Crippen LogP contribution in [0.4, 0.5) is 0 Å². The van der Waals surface area contributed by atoms with Gasteiger partial charge in [0.05, 0.1) is 35.1 Å². The molecule has 1 fully saturated rings. The summed E-state index contributed by atoms with van der Waals surface area (Å²) in [6.45, 7) is 70.9. The van der Waals surface area contributed by atoms with Crippen molar-refractivity contribution in [1.29, 1.82) is 0 Å². The van der Waals surface area contributed by atoms with Crippen molar-refractivity contribution in [2.75, 3.05) is 6.61 Å². The molecule has 8 nitrogen and oxygen atoms in total. The van der Waals surface area contributed by atoms with E-state index in [0.29, 0.717) is 17.4 Å². The van der Waals surface area contributed by atoms with Crippen LogP contribution in [0.2, 0.25) is 0 Å². The van der Waals surface area contributed by atoms with Gasteiger partial charge in [-0.25, -0.2) is 9.97 Å². The molecule has 1 saturated heterocycles. The van der Waals surface area contributed by atoms with Crippen LogP contribution in [0.5, 0.6) is 0 Å². The molecule has 70 heavy (non-hydrogen) atoms. The number of aryl methyl sites for hydroxylation is 2. The lowest BCUT2D eigenvalue weighted by molar-refractivity contribution is -0.204. The number of aromatic nitrogens is 4. The second-order valence-electron chi connectivity index (χ2n) is 31.2. The summed E-state index contributed by atoms with van der Waals surface area (Å²) in [6.07, 6.45) is 10.1. The maximum absolute atomic E-state index is 10.6. The lowest BCUT2D eigenvalue weighted by atomic mass is 9.61. The topological polar surface area (TPSA) is 99.3 Å². The molecule has 1 aliphatic carbocycles. The van der Waals surface area contributed by atoms with Gasteiger partial charge in [0.25, 0.3) is 0 Å². The van der Waals surface area contributed by atoms with Gasteiger partial charge in [-0.1, -0.05) is 231 Å². The molecule has 1 aliphatic heterocycles. The van der Waals surface area contributed by atoms with Gasteiger partial charge >= 0.3 is 0 Å². The fourth-order valence-corrected chi connectivity index (χ4v) is 9.97. The van der Waals surface area contributed by atoms with Gasteiger partial charge in [0.15, 0.2) is 6.39 Å². The third-order valence-corrected chi connectivity index (χ3v) is 12.9. The molecular weight excluding hydrogens is 865 g/mol. The lowest BCUT2D eigenvalue weighted by Crippen LogP contribution is -2.57. The average molecular weight is 978 g/mol. The maximum Gasteiger partial charge on any atom is 0.181 e. The van der Waals surface area contributed by atoms with Crippen LogP contribution in [0, 0.1) is 34.5 Å². The average Bonchev–Trinajstić information content (AvgIpc) is 3.91. The van der Waals surface area contributed by atoms with Crippen LogP contribution in [0.15, 0.2) is 45.0 Å². The fourth-order valence-electron chi connectivity index (χ4n) is 9.97. The minimum Gasteiger partial charge on any atom is -0.448 e. The number of aliphatic hydroxyl groups is 1. The Labute approximate surface area is 432 Å². The molecule has 0 aromatic carbocycles. The summed E-state index contributed by atoms with van der Waals surface area (Å²) in [6, 6.07) is 0. The Hall–Kier alpha value is -2.97. The molecule has 8 heteroatoms. The number of hydrogen-bond acceptors (Lipinski definition) is 7. The van der Waals surface area contributed by atoms with E-state index >= 15 is 0 Å². The van der Waals surface area contributed by atoms with E-state index in [1.54, 1.807) is 17.5 Å². The summed E-state index contributed by atoms with van der Waals surface area (Å²) in [4.78, 5) is 8.80. The predicted octanol–water partition coefficient (Wildman–Crippen LogP) is 17.4. The molecule has 0 amide bonds. The zero-order valence-electron chi connectivity index (χ0n) is 52.0. The molecule has 3 atom stereocenters. The number of ether oxygens (including phenoxy) is 1. The molecule has 0 radical (unpaired) electrons. The zero-order valence-corrected chi connectivity index (χ0v) is 52.0. The number of rotatable bonds is 0. The lowest BCUT2D eigenvalue weighted by Gasteiger charge is -2.53. The highest BCUT2D eigenvalue weighted by atomic mass is 16.5. The number of nitrogens with zero attached hydrogens (tertiary/aromatic N) is 4. The predicted molar refractivity (Wildman–Crippen MR) is 300 cm³/mol. The van der Waals surface area contributed by atoms with E-state index in [1.165, 1.54) is 17.0 Å². The van der Waals surface area contributed by atoms with Gasteiger partial charge in [0, 0.05) is 57.9 Å². The number of hydrogen-bond donors (Lipinski definition) is 1. The molecular formula is C62H112N4O4. The van der Waals surface area contributed by atoms with Crippen molar-refractivity contribution in [3.05, 3.63) is 75.9 Å². The summed E-state index contributed by atoms with van der Waals surface area (Å²) < 4.78 is 19.0. The van der Waals surface area contributed by atoms with Crippen molar-refractivity contribution >= 4 is 0 Å². The van der Waals surface area contributed by atoms with Crippen molar-refractivity contribution in [2.45, 2.75) is 279 Å². The molecule has 404 valence electrons. The van der Waals surface area contributed by atoms with Gasteiger partial charge in [0.1, 0.15) is 11.5 Å². The number of allylic oxidation sites excluding steroid dienone is 4. The highest BCUT2D eigenvalue weighted by Gasteiger charge is 2.51. The Morgan fingerprint density at radius 3 is 1.37 bits per heavy atom. The van der Waals surface area contributed by atoms with Crippen LogP contribution in [0.3, 0.4) is 0 Å². The quantitative estimate of drug-likeness (QED) is 0.240. The fraction of sp³-hybridized carbons (Fsp3) is 0.790. The van der Waals surface area contributed by atoms with Crippen LogP contribution in [0.1, 0.15) is 267 Å². The molecule has 2 aliphatic rings. The first-order valence-corrected chi connectivity index (χ1v) is 26.4. The molecule has 0 bridgehead atoms. The Kier molecular flexibility index (Phi) is 20.7. The Morgan fingerprint density at radius 2 is 1.07 bits per heavy atom. The standard InChI is InChI=1S/C14H28O2.C13H22.C12H22N2.C12H21NO.C11H19NO/c1-12(2,3)10-11(13(4,5)6)16-9-8-14(10,7)15;1-12(2,3)10-8-7-9-11(10)13(4,5)6;1-11(2,3)9-10(12(4,5)6)14(7)8-13-9;1-8-9(11(2,3)4)10(14-13-8)12(5,6)7;1-10(2,3)8-9(11(4,5)6)13-7-12-8/h10-11,15H,8-9H2,1-7H3;7-8H,9H2,1-6H3;8H,1-7H3;1-7H3;7H,1-6H3. The molecule has 3 aromatic heterocycles. The molecule has 4 heterocycles. The van der Waals surface area contributed by atoms with Crippen LogP contribution in [-0.2, 0) is 44.3 Å². The summed E-state index contributed by atoms with van der Waals surface area (Å²) in [5, 5.41) is 14.7. The van der Waals surface area contributed by atoms with Crippen LogP contribution in [0.25, 0.3) is 0 Å². The minimum absolute atomic E-state index is 0.0316. The van der Waals surface area contributed by atoms with E-state index in [1.807, 2.05) is 20.2 Å². The smallest absolute Gasteiger partial charge is 0.181 e. The van der Waals surface area contributed by atoms with Crippen molar-refractivity contribution in [3.63, 3.8) is 0 Å². The van der Waals surface area contributed by atoms with Crippen LogP contribution >= 0.6 is 0 Å². The van der Waals surface area contributed by atoms with E-state index in [-0.39, 0.29) is 55.3 Å². The minimum atomic E-state index is -0.617. The molecule has 0 saturated carbocycles. The van der Waals surface area contributed by atoms with Crippen molar-refractivity contribution in [1.82, 2.24) is 19.7 Å². The molecule has 0 spiro atoms.